The van der Waals surface area contributed by atoms with Crippen molar-refractivity contribution in [3.05, 3.63) is 29.3 Å². The van der Waals surface area contributed by atoms with Crippen molar-refractivity contribution < 1.29 is 14.3 Å². The predicted octanol–water partition coefficient (Wildman–Crippen LogP) is 3.76. The van der Waals surface area contributed by atoms with Crippen LogP contribution in [-0.4, -0.2) is 38.4 Å². The van der Waals surface area contributed by atoms with E-state index in [0.717, 1.165) is 12.2 Å². The minimum Gasteiger partial charge on any atom is -0.492 e. The van der Waals surface area contributed by atoms with E-state index >= 15 is 0 Å². The van der Waals surface area contributed by atoms with Gasteiger partial charge < -0.3 is 20.1 Å². The summed E-state index contributed by atoms with van der Waals surface area (Å²) in [4.78, 5) is 11.6. The maximum absolute atomic E-state index is 11.6. The smallest absolute Gasteiger partial charge is 0.314 e. The van der Waals surface area contributed by atoms with Crippen molar-refractivity contribution in [1.29, 1.82) is 0 Å². The number of amides is 2. The molecule has 2 rings (SSSR count). The lowest BCUT2D eigenvalue weighted by atomic mass is 9.98. The molecular formula is C18H27ClN2O3. The quantitative estimate of drug-likeness (QED) is 0.664. The molecule has 0 atom stereocenters. The minimum atomic E-state index is -0.174. The summed E-state index contributed by atoms with van der Waals surface area (Å²) < 4.78 is 11.3. The fraction of sp³-hybridized carbons (Fsp3) is 0.611. The van der Waals surface area contributed by atoms with Gasteiger partial charge in [-0.1, -0.05) is 30.9 Å². The van der Waals surface area contributed by atoms with Gasteiger partial charge in [-0.25, -0.2) is 4.79 Å². The highest BCUT2D eigenvalue weighted by Crippen LogP contribution is 2.20. The molecule has 1 fully saturated rings. The molecule has 0 heterocycles. The Morgan fingerprint density at radius 3 is 2.50 bits per heavy atom. The number of halogens is 1. The monoisotopic (exact) mass is 354 g/mol. The van der Waals surface area contributed by atoms with Gasteiger partial charge in [-0.3, -0.25) is 0 Å². The van der Waals surface area contributed by atoms with Crippen molar-refractivity contribution in [2.75, 3.05) is 26.3 Å². The zero-order valence-electron chi connectivity index (χ0n) is 14.1. The highest BCUT2D eigenvalue weighted by molar-refractivity contribution is 6.30. The first-order chi connectivity index (χ1) is 11.7. The van der Waals surface area contributed by atoms with Gasteiger partial charge >= 0.3 is 6.03 Å². The molecule has 24 heavy (non-hydrogen) atoms. The molecule has 5 nitrogen and oxygen atoms in total. The molecule has 1 aliphatic carbocycles. The van der Waals surface area contributed by atoms with Crippen LogP contribution in [0.5, 0.6) is 5.75 Å². The zero-order chi connectivity index (χ0) is 17.0. The van der Waals surface area contributed by atoms with Crippen LogP contribution in [0.4, 0.5) is 4.79 Å². The van der Waals surface area contributed by atoms with Gasteiger partial charge in [0.25, 0.3) is 0 Å². The summed E-state index contributed by atoms with van der Waals surface area (Å²) in [5.74, 6) is 0.737. The Balaban J connectivity index is 1.42. The highest BCUT2D eigenvalue weighted by Gasteiger charge is 2.12. The van der Waals surface area contributed by atoms with Crippen LogP contribution in [0, 0.1) is 0 Å². The number of carbonyl (C=O) groups is 1. The van der Waals surface area contributed by atoms with Crippen LogP contribution in [0.1, 0.15) is 38.5 Å². The fourth-order valence-corrected chi connectivity index (χ4v) is 2.81. The molecule has 0 bridgehead atoms. The molecule has 0 aliphatic heterocycles. The number of ether oxygens (including phenoxy) is 2. The van der Waals surface area contributed by atoms with E-state index in [-0.39, 0.29) is 6.03 Å². The molecule has 0 saturated heterocycles. The second-order valence-electron chi connectivity index (χ2n) is 5.97. The van der Waals surface area contributed by atoms with Crippen LogP contribution >= 0.6 is 11.6 Å². The van der Waals surface area contributed by atoms with Crippen LogP contribution in [0.25, 0.3) is 0 Å². The summed E-state index contributed by atoms with van der Waals surface area (Å²) in [7, 11) is 0. The molecule has 2 amide bonds. The average Bonchev–Trinajstić information content (AvgIpc) is 2.61. The number of hydrogen-bond acceptors (Lipinski definition) is 3. The Kier molecular flexibility index (Phi) is 8.77. The summed E-state index contributed by atoms with van der Waals surface area (Å²) in [6, 6.07) is 6.97. The summed E-state index contributed by atoms with van der Waals surface area (Å²) in [6.45, 7) is 2.20. The molecule has 0 unspecified atom stereocenters. The molecule has 0 aromatic heterocycles. The van der Waals surface area contributed by atoms with Crippen LogP contribution in [0.15, 0.2) is 24.3 Å². The predicted molar refractivity (Wildman–Crippen MR) is 95.8 cm³/mol. The number of carbonyl (C=O) groups excluding carboxylic acids is 1. The molecule has 134 valence electrons. The van der Waals surface area contributed by atoms with E-state index in [1.54, 1.807) is 24.3 Å². The van der Waals surface area contributed by atoms with Crippen molar-refractivity contribution in [2.24, 2.45) is 0 Å². The lowest BCUT2D eigenvalue weighted by Gasteiger charge is -2.21. The Labute approximate surface area is 149 Å². The molecular weight excluding hydrogens is 328 g/mol. The standard InChI is InChI=1S/C18H27ClN2O3/c19-15-7-9-17(10-8-15)24-14-12-21-18(22)20-11-4-13-23-16-5-2-1-3-6-16/h7-10,16H,1-6,11-14H2,(H2,20,21,22). The third kappa shape index (κ3) is 7.88. The first-order valence-corrected chi connectivity index (χ1v) is 9.13. The van der Waals surface area contributed by atoms with Crippen molar-refractivity contribution in [3.8, 4) is 5.75 Å². The van der Waals surface area contributed by atoms with Gasteiger partial charge in [0, 0.05) is 18.2 Å². The van der Waals surface area contributed by atoms with E-state index < -0.39 is 0 Å². The third-order valence-corrected chi connectivity index (χ3v) is 4.23. The number of rotatable bonds is 9. The number of hydrogen-bond donors (Lipinski definition) is 2. The van der Waals surface area contributed by atoms with Gasteiger partial charge in [0.05, 0.1) is 12.6 Å². The van der Waals surface area contributed by atoms with Gasteiger partial charge in [-0.15, -0.1) is 0 Å². The highest BCUT2D eigenvalue weighted by atomic mass is 35.5. The first kappa shape index (κ1) is 18.9. The third-order valence-electron chi connectivity index (χ3n) is 3.98. The molecule has 1 saturated carbocycles. The first-order valence-electron chi connectivity index (χ1n) is 8.76. The number of benzene rings is 1. The van der Waals surface area contributed by atoms with Gasteiger partial charge in [-0.2, -0.15) is 0 Å². The summed E-state index contributed by atoms with van der Waals surface area (Å²) in [5.41, 5.74) is 0. The largest absolute Gasteiger partial charge is 0.492 e. The van der Waals surface area contributed by atoms with Crippen molar-refractivity contribution in [2.45, 2.75) is 44.6 Å². The normalized spacial score (nSPS) is 15.0. The fourth-order valence-electron chi connectivity index (χ4n) is 2.68. The van der Waals surface area contributed by atoms with E-state index in [1.807, 2.05) is 0 Å². The van der Waals surface area contributed by atoms with Crippen LogP contribution in [0.3, 0.4) is 0 Å². The summed E-state index contributed by atoms with van der Waals surface area (Å²) in [6.07, 6.45) is 7.53. The van der Waals surface area contributed by atoms with Crippen molar-refractivity contribution in [1.82, 2.24) is 10.6 Å². The van der Waals surface area contributed by atoms with Crippen LogP contribution < -0.4 is 15.4 Å². The van der Waals surface area contributed by atoms with E-state index in [9.17, 15) is 4.79 Å². The van der Waals surface area contributed by atoms with E-state index in [2.05, 4.69) is 10.6 Å². The average molecular weight is 355 g/mol. The lowest BCUT2D eigenvalue weighted by Crippen LogP contribution is -2.38. The second-order valence-corrected chi connectivity index (χ2v) is 6.41. The lowest BCUT2D eigenvalue weighted by molar-refractivity contribution is 0.0275. The molecule has 2 N–H and O–H groups in total. The van der Waals surface area contributed by atoms with Crippen molar-refractivity contribution in [3.63, 3.8) is 0 Å². The van der Waals surface area contributed by atoms with Gasteiger partial charge in [0.15, 0.2) is 0 Å². The summed E-state index contributed by atoms with van der Waals surface area (Å²) in [5, 5.41) is 6.26. The molecule has 1 aromatic rings. The zero-order valence-corrected chi connectivity index (χ0v) is 14.8. The Bertz CT molecular complexity index is 476. The molecule has 1 aromatic carbocycles. The molecule has 1 aliphatic rings. The molecule has 0 radical (unpaired) electrons. The van der Waals surface area contributed by atoms with E-state index in [0.29, 0.717) is 37.4 Å². The summed E-state index contributed by atoms with van der Waals surface area (Å²) >= 11 is 5.80. The Morgan fingerprint density at radius 2 is 1.75 bits per heavy atom. The van der Waals surface area contributed by atoms with Gasteiger partial charge in [0.1, 0.15) is 12.4 Å². The molecule has 6 heteroatoms. The van der Waals surface area contributed by atoms with E-state index in [1.165, 1.54) is 32.1 Å². The Morgan fingerprint density at radius 1 is 1.04 bits per heavy atom. The number of urea groups is 1. The van der Waals surface area contributed by atoms with Crippen LogP contribution in [0.2, 0.25) is 5.02 Å². The SMILES string of the molecule is O=C(NCCCOC1CCCCC1)NCCOc1ccc(Cl)cc1. The minimum absolute atomic E-state index is 0.174. The maximum Gasteiger partial charge on any atom is 0.314 e. The van der Waals surface area contributed by atoms with Gasteiger partial charge in [0.2, 0.25) is 0 Å². The molecule has 0 spiro atoms. The second kappa shape index (κ2) is 11.2. The maximum atomic E-state index is 11.6. The van der Waals surface area contributed by atoms with Gasteiger partial charge in [-0.05, 0) is 43.5 Å². The van der Waals surface area contributed by atoms with Crippen molar-refractivity contribution >= 4 is 17.6 Å². The topological polar surface area (TPSA) is 59.6 Å². The van der Waals surface area contributed by atoms with E-state index in [4.69, 9.17) is 21.1 Å². The van der Waals surface area contributed by atoms with Crippen LogP contribution in [-0.2, 0) is 4.74 Å². The Hall–Kier alpha value is -1.46. The number of nitrogens with one attached hydrogen (secondary N) is 2.